The van der Waals surface area contributed by atoms with E-state index in [0.29, 0.717) is 11.1 Å². The van der Waals surface area contributed by atoms with Crippen molar-refractivity contribution in [3.05, 3.63) is 59.0 Å². The van der Waals surface area contributed by atoms with Gasteiger partial charge in [-0.05, 0) is 62.4 Å². The van der Waals surface area contributed by atoms with E-state index in [1.165, 1.54) is 12.1 Å². The monoisotopic (exact) mass is 437 g/mol. The highest BCUT2D eigenvalue weighted by atomic mass is 19.4. The van der Waals surface area contributed by atoms with E-state index in [-0.39, 0.29) is 34.9 Å². The Labute approximate surface area is 180 Å². The molecule has 0 radical (unpaired) electrons. The number of halogens is 4. The minimum atomic E-state index is -4.57. The second kappa shape index (κ2) is 8.81. The van der Waals surface area contributed by atoms with Crippen LogP contribution < -0.4 is 0 Å². The summed E-state index contributed by atoms with van der Waals surface area (Å²) in [6, 6.07) is 4.37. The first-order valence-electron chi connectivity index (χ1n) is 9.89. The van der Waals surface area contributed by atoms with Crippen LogP contribution >= 0.6 is 0 Å². The quantitative estimate of drug-likeness (QED) is 0.375. The van der Waals surface area contributed by atoms with E-state index in [4.69, 9.17) is 4.74 Å². The molecule has 0 fully saturated rings. The molecule has 0 aliphatic carbocycles. The maximum atomic E-state index is 15.6. The third kappa shape index (κ3) is 5.93. The van der Waals surface area contributed by atoms with Gasteiger partial charge in [-0.3, -0.25) is 4.79 Å². The predicted octanol–water partition coefficient (Wildman–Crippen LogP) is 6.95. The molecule has 2 aromatic rings. The minimum absolute atomic E-state index is 0.000503. The SMILES string of the molecule is C=C(C)c1nc(-c2cccc(C(F)(F)F)c2)c(F)c(C(C)C)c1CC(=O)OC(C)(C)C. The van der Waals surface area contributed by atoms with Crippen molar-refractivity contribution in [3.8, 4) is 11.3 Å². The Morgan fingerprint density at radius 1 is 1.19 bits per heavy atom. The summed E-state index contributed by atoms with van der Waals surface area (Å²) in [5.41, 5.74) is -0.524. The second-order valence-corrected chi connectivity index (χ2v) is 8.79. The number of pyridine rings is 1. The Balaban J connectivity index is 2.73. The van der Waals surface area contributed by atoms with E-state index in [9.17, 15) is 18.0 Å². The second-order valence-electron chi connectivity index (χ2n) is 8.79. The van der Waals surface area contributed by atoms with Gasteiger partial charge in [0.1, 0.15) is 11.3 Å². The lowest BCUT2D eigenvalue weighted by molar-refractivity contribution is -0.154. The van der Waals surface area contributed by atoms with Crippen LogP contribution in [-0.2, 0) is 22.1 Å². The highest BCUT2D eigenvalue weighted by molar-refractivity contribution is 5.78. The molecule has 168 valence electrons. The van der Waals surface area contributed by atoms with Crippen LogP contribution in [0.5, 0.6) is 0 Å². The number of nitrogens with zero attached hydrogens (tertiary/aromatic N) is 1. The number of aromatic nitrogens is 1. The summed E-state index contributed by atoms with van der Waals surface area (Å²) in [5.74, 6) is -1.66. The number of ether oxygens (including phenoxy) is 1. The average Bonchev–Trinajstić information content (AvgIpc) is 2.59. The highest BCUT2D eigenvalue weighted by Crippen LogP contribution is 2.37. The maximum absolute atomic E-state index is 15.6. The molecule has 7 heteroatoms. The van der Waals surface area contributed by atoms with Crippen molar-refractivity contribution in [2.24, 2.45) is 0 Å². The molecular formula is C24H27F4NO2. The van der Waals surface area contributed by atoms with E-state index in [1.54, 1.807) is 41.5 Å². The summed E-state index contributed by atoms with van der Waals surface area (Å²) in [4.78, 5) is 16.8. The Bertz CT molecular complexity index is 1000. The van der Waals surface area contributed by atoms with Crippen LogP contribution in [0.25, 0.3) is 16.8 Å². The van der Waals surface area contributed by atoms with Crippen molar-refractivity contribution in [1.82, 2.24) is 4.98 Å². The average molecular weight is 437 g/mol. The van der Waals surface area contributed by atoms with Crippen LogP contribution in [0.15, 0.2) is 30.8 Å². The van der Waals surface area contributed by atoms with Crippen molar-refractivity contribution in [3.63, 3.8) is 0 Å². The summed E-state index contributed by atoms with van der Waals surface area (Å²) >= 11 is 0. The van der Waals surface area contributed by atoms with Gasteiger partial charge in [-0.15, -0.1) is 0 Å². The molecule has 0 bridgehead atoms. The molecule has 0 saturated heterocycles. The number of carbonyl (C=O) groups is 1. The van der Waals surface area contributed by atoms with Crippen molar-refractivity contribution in [1.29, 1.82) is 0 Å². The lowest BCUT2D eigenvalue weighted by Gasteiger charge is -2.23. The summed E-state index contributed by atoms with van der Waals surface area (Å²) in [6.45, 7) is 14.2. The number of hydrogen-bond donors (Lipinski definition) is 0. The van der Waals surface area contributed by atoms with Crippen molar-refractivity contribution < 1.29 is 27.1 Å². The van der Waals surface area contributed by atoms with Gasteiger partial charge in [-0.2, -0.15) is 13.2 Å². The van der Waals surface area contributed by atoms with Crippen LogP contribution in [0.4, 0.5) is 17.6 Å². The lowest BCUT2D eigenvalue weighted by Crippen LogP contribution is -2.26. The van der Waals surface area contributed by atoms with Gasteiger partial charge in [0.25, 0.3) is 0 Å². The van der Waals surface area contributed by atoms with Crippen LogP contribution in [0.1, 0.15) is 69.8 Å². The number of benzene rings is 1. The molecule has 1 aromatic carbocycles. The van der Waals surface area contributed by atoms with Gasteiger partial charge in [0.2, 0.25) is 0 Å². The van der Waals surface area contributed by atoms with Gasteiger partial charge in [-0.25, -0.2) is 9.37 Å². The Morgan fingerprint density at radius 3 is 2.29 bits per heavy atom. The van der Waals surface area contributed by atoms with Gasteiger partial charge in [0.15, 0.2) is 5.82 Å². The zero-order valence-corrected chi connectivity index (χ0v) is 18.6. The number of rotatable bonds is 5. The fourth-order valence-electron chi connectivity index (χ4n) is 3.31. The van der Waals surface area contributed by atoms with E-state index >= 15 is 4.39 Å². The molecule has 0 unspecified atom stereocenters. The first-order valence-corrected chi connectivity index (χ1v) is 9.89. The zero-order chi connectivity index (χ0) is 23.7. The summed E-state index contributed by atoms with van der Waals surface area (Å²) in [7, 11) is 0. The van der Waals surface area contributed by atoms with E-state index in [0.717, 1.165) is 12.1 Å². The minimum Gasteiger partial charge on any atom is -0.460 e. The molecule has 0 aliphatic heterocycles. The normalized spacial score (nSPS) is 12.2. The van der Waals surface area contributed by atoms with E-state index in [1.807, 2.05) is 0 Å². The van der Waals surface area contributed by atoms with Gasteiger partial charge in [0, 0.05) is 5.56 Å². The molecule has 0 N–H and O–H groups in total. The summed E-state index contributed by atoms with van der Waals surface area (Å²) in [5, 5.41) is 0. The van der Waals surface area contributed by atoms with Gasteiger partial charge >= 0.3 is 12.1 Å². The largest absolute Gasteiger partial charge is 0.460 e. The smallest absolute Gasteiger partial charge is 0.416 e. The zero-order valence-electron chi connectivity index (χ0n) is 18.6. The fourth-order valence-corrected chi connectivity index (χ4v) is 3.31. The summed E-state index contributed by atoms with van der Waals surface area (Å²) in [6.07, 6.45) is -4.79. The van der Waals surface area contributed by atoms with Crippen molar-refractivity contribution in [2.75, 3.05) is 0 Å². The van der Waals surface area contributed by atoms with Crippen LogP contribution in [0, 0.1) is 5.82 Å². The van der Waals surface area contributed by atoms with Crippen LogP contribution in [-0.4, -0.2) is 16.6 Å². The molecule has 0 aliphatic rings. The topological polar surface area (TPSA) is 39.2 Å². The number of esters is 1. The van der Waals surface area contributed by atoms with E-state index in [2.05, 4.69) is 11.6 Å². The fraction of sp³-hybridized carbons (Fsp3) is 0.417. The number of carbonyl (C=O) groups excluding carboxylic acids is 1. The van der Waals surface area contributed by atoms with Crippen molar-refractivity contribution in [2.45, 2.75) is 65.7 Å². The first kappa shape index (κ1) is 24.6. The third-order valence-corrected chi connectivity index (χ3v) is 4.47. The predicted molar refractivity (Wildman–Crippen MR) is 113 cm³/mol. The Kier molecular flexibility index (Phi) is 6.98. The van der Waals surface area contributed by atoms with Crippen LogP contribution in [0.2, 0.25) is 0 Å². The molecule has 0 atom stereocenters. The van der Waals surface area contributed by atoms with Gasteiger partial charge in [0.05, 0.1) is 17.7 Å². The first-order chi connectivity index (χ1) is 14.1. The van der Waals surface area contributed by atoms with Crippen molar-refractivity contribution >= 4 is 11.5 Å². The van der Waals surface area contributed by atoms with Gasteiger partial charge in [-0.1, -0.05) is 32.6 Å². The lowest BCUT2D eigenvalue weighted by atomic mass is 9.90. The molecule has 31 heavy (non-hydrogen) atoms. The van der Waals surface area contributed by atoms with E-state index < -0.39 is 29.1 Å². The highest BCUT2D eigenvalue weighted by Gasteiger charge is 2.32. The number of alkyl halides is 3. The molecule has 3 nitrogen and oxygen atoms in total. The molecule has 0 spiro atoms. The molecule has 0 saturated carbocycles. The number of hydrogen-bond acceptors (Lipinski definition) is 3. The third-order valence-electron chi connectivity index (χ3n) is 4.47. The maximum Gasteiger partial charge on any atom is 0.416 e. The molecule has 1 aromatic heterocycles. The summed E-state index contributed by atoms with van der Waals surface area (Å²) < 4.78 is 60.5. The Morgan fingerprint density at radius 2 is 1.81 bits per heavy atom. The molecule has 2 rings (SSSR count). The van der Waals surface area contributed by atoms with Crippen LogP contribution in [0.3, 0.4) is 0 Å². The molecule has 1 heterocycles. The standard InChI is InChI=1S/C24H27F4NO2/c1-13(2)19-17(12-18(30)31-23(5,6)7)21(14(3)4)29-22(20(19)25)15-9-8-10-16(11-15)24(26,27)28/h8-11,13H,3,12H2,1-2,4-7H3. The number of allylic oxidation sites excluding steroid dienone is 1. The Hall–Kier alpha value is -2.70. The molecule has 0 amide bonds. The molecular weight excluding hydrogens is 410 g/mol. The van der Waals surface area contributed by atoms with Gasteiger partial charge < -0.3 is 4.74 Å².